The molecule has 0 spiro atoms. The standard InChI is InChI=1S/C16H18N4O2S/c1-19(11-14-18-5-6-23-14)16(22)13-7-15(21)20(10-13)9-12-3-2-4-17-8-12/h2-6,8,13H,7,9-11H2,1H3. The summed E-state index contributed by atoms with van der Waals surface area (Å²) in [5.41, 5.74) is 0.977. The summed E-state index contributed by atoms with van der Waals surface area (Å²) in [4.78, 5) is 36.3. The first-order valence-electron chi connectivity index (χ1n) is 7.43. The molecule has 0 N–H and O–H groups in total. The fourth-order valence-corrected chi connectivity index (χ4v) is 3.39. The number of rotatable bonds is 5. The van der Waals surface area contributed by atoms with Gasteiger partial charge in [-0.15, -0.1) is 11.3 Å². The van der Waals surface area contributed by atoms with Crippen molar-refractivity contribution in [1.82, 2.24) is 19.8 Å². The zero-order valence-electron chi connectivity index (χ0n) is 12.9. The molecule has 1 aliphatic rings. The lowest BCUT2D eigenvalue weighted by atomic mass is 10.1. The van der Waals surface area contributed by atoms with Crippen molar-refractivity contribution in [3.8, 4) is 0 Å². The summed E-state index contributed by atoms with van der Waals surface area (Å²) >= 11 is 1.52. The molecule has 7 heteroatoms. The van der Waals surface area contributed by atoms with Gasteiger partial charge in [-0.25, -0.2) is 4.98 Å². The molecule has 1 saturated heterocycles. The van der Waals surface area contributed by atoms with Gasteiger partial charge in [0.1, 0.15) is 5.01 Å². The number of carbonyl (C=O) groups excluding carboxylic acids is 2. The minimum atomic E-state index is -0.274. The molecule has 0 radical (unpaired) electrons. The summed E-state index contributed by atoms with van der Waals surface area (Å²) in [6.07, 6.45) is 5.46. The number of pyridine rings is 1. The van der Waals surface area contributed by atoms with Crippen molar-refractivity contribution in [3.05, 3.63) is 46.7 Å². The molecule has 2 aromatic rings. The quantitative estimate of drug-likeness (QED) is 0.834. The number of carbonyl (C=O) groups is 2. The molecule has 1 fully saturated rings. The molecule has 2 aromatic heterocycles. The Bertz CT molecular complexity index is 675. The van der Waals surface area contributed by atoms with Crippen LogP contribution in [0.4, 0.5) is 0 Å². The van der Waals surface area contributed by atoms with Crippen LogP contribution in [0.15, 0.2) is 36.1 Å². The van der Waals surface area contributed by atoms with Crippen molar-refractivity contribution in [3.63, 3.8) is 0 Å². The molecular formula is C16H18N4O2S. The van der Waals surface area contributed by atoms with Crippen LogP contribution in [0.5, 0.6) is 0 Å². The van der Waals surface area contributed by atoms with Crippen LogP contribution in [-0.4, -0.2) is 45.2 Å². The van der Waals surface area contributed by atoms with Crippen molar-refractivity contribution < 1.29 is 9.59 Å². The van der Waals surface area contributed by atoms with Gasteiger partial charge in [0.25, 0.3) is 0 Å². The minimum absolute atomic E-state index is 0.00207. The molecule has 0 saturated carbocycles. The van der Waals surface area contributed by atoms with Gasteiger partial charge in [0.15, 0.2) is 0 Å². The van der Waals surface area contributed by atoms with Gasteiger partial charge in [0, 0.05) is 50.5 Å². The first-order chi connectivity index (χ1) is 11.1. The molecule has 1 atom stereocenters. The highest BCUT2D eigenvalue weighted by Gasteiger charge is 2.35. The zero-order chi connectivity index (χ0) is 16.2. The number of amides is 2. The van der Waals surface area contributed by atoms with Crippen molar-refractivity contribution in [2.24, 2.45) is 5.92 Å². The van der Waals surface area contributed by atoms with Gasteiger partial charge in [-0.3, -0.25) is 14.6 Å². The van der Waals surface area contributed by atoms with E-state index in [1.165, 1.54) is 11.3 Å². The third kappa shape index (κ3) is 3.73. The van der Waals surface area contributed by atoms with Gasteiger partial charge in [-0.1, -0.05) is 6.07 Å². The van der Waals surface area contributed by atoms with Crippen LogP contribution in [-0.2, 0) is 22.7 Å². The number of thiazole rings is 1. The van der Waals surface area contributed by atoms with Crippen LogP contribution < -0.4 is 0 Å². The summed E-state index contributed by atoms with van der Waals surface area (Å²) < 4.78 is 0. The smallest absolute Gasteiger partial charge is 0.228 e. The van der Waals surface area contributed by atoms with Crippen LogP contribution in [0.2, 0.25) is 0 Å². The molecular weight excluding hydrogens is 312 g/mol. The predicted molar refractivity (Wildman–Crippen MR) is 86.3 cm³/mol. The molecule has 6 nitrogen and oxygen atoms in total. The van der Waals surface area contributed by atoms with E-state index in [2.05, 4.69) is 9.97 Å². The Labute approximate surface area is 138 Å². The van der Waals surface area contributed by atoms with Crippen molar-refractivity contribution in [2.75, 3.05) is 13.6 Å². The summed E-state index contributed by atoms with van der Waals surface area (Å²) in [6, 6.07) is 3.78. The van der Waals surface area contributed by atoms with E-state index in [0.717, 1.165) is 10.6 Å². The lowest BCUT2D eigenvalue weighted by molar-refractivity contribution is -0.135. The van der Waals surface area contributed by atoms with Gasteiger partial charge in [0.05, 0.1) is 12.5 Å². The maximum Gasteiger partial charge on any atom is 0.228 e. The monoisotopic (exact) mass is 330 g/mol. The number of likely N-dealkylation sites (tertiary alicyclic amines) is 1. The maximum atomic E-state index is 12.5. The van der Waals surface area contributed by atoms with E-state index in [9.17, 15) is 9.59 Å². The first-order valence-corrected chi connectivity index (χ1v) is 8.31. The highest BCUT2D eigenvalue weighted by atomic mass is 32.1. The Morgan fingerprint density at radius 2 is 2.35 bits per heavy atom. The molecule has 2 amide bonds. The Hall–Kier alpha value is -2.28. The summed E-state index contributed by atoms with van der Waals surface area (Å²) in [6.45, 7) is 1.46. The summed E-state index contributed by atoms with van der Waals surface area (Å²) in [5.74, 6) is -0.249. The van der Waals surface area contributed by atoms with Crippen molar-refractivity contribution in [2.45, 2.75) is 19.5 Å². The second-order valence-corrected chi connectivity index (χ2v) is 6.64. The molecule has 3 rings (SSSR count). The van der Waals surface area contributed by atoms with E-state index in [1.807, 2.05) is 17.5 Å². The van der Waals surface area contributed by atoms with Crippen molar-refractivity contribution >= 4 is 23.2 Å². The van der Waals surface area contributed by atoms with Gasteiger partial charge >= 0.3 is 0 Å². The van der Waals surface area contributed by atoms with Crippen LogP contribution >= 0.6 is 11.3 Å². The summed E-state index contributed by atoms with van der Waals surface area (Å²) in [7, 11) is 1.76. The van der Waals surface area contributed by atoms with E-state index in [-0.39, 0.29) is 24.2 Å². The Morgan fingerprint density at radius 3 is 3.04 bits per heavy atom. The number of hydrogen-bond donors (Lipinski definition) is 0. The fraction of sp³-hybridized carbons (Fsp3) is 0.375. The highest BCUT2D eigenvalue weighted by Crippen LogP contribution is 2.22. The lowest BCUT2D eigenvalue weighted by Gasteiger charge is -2.20. The largest absolute Gasteiger partial charge is 0.339 e. The highest BCUT2D eigenvalue weighted by molar-refractivity contribution is 7.09. The van der Waals surface area contributed by atoms with Crippen LogP contribution in [0.3, 0.4) is 0 Å². The number of hydrogen-bond acceptors (Lipinski definition) is 5. The molecule has 23 heavy (non-hydrogen) atoms. The zero-order valence-corrected chi connectivity index (χ0v) is 13.7. The minimum Gasteiger partial charge on any atom is -0.339 e. The Morgan fingerprint density at radius 1 is 1.48 bits per heavy atom. The van der Waals surface area contributed by atoms with Crippen LogP contribution in [0, 0.1) is 5.92 Å². The van der Waals surface area contributed by atoms with Gasteiger partial charge in [-0.2, -0.15) is 0 Å². The van der Waals surface area contributed by atoms with Gasteiger partial charge < -0.3 is 9.80 Å². The molecule has 1 unspecified atom stereocenters. The summed E-state index contributed by atoms with van der Waals surface area (Å²) in [5, 5.41) is 2.79. The molecule has 0 bridgehead atoms. The second kappa shape index (κ2) is 6.87. The Kier molecular flexibility index (Phi) is 4.66. The van der Waals surface area contributed by atoms with Gasteiger partial charge in [-0.05, 0) is 11.6 Å². The fourth-order valence-electron chi connectivity index (χ4n) is 2.73. The SMILES string of the molecule is CN(Cc1nccs1)C(=O)C1CC(=O)N(Cc2cccnc2)C1. The van der Waals surface area contributed by atoms with E-state index in [0.29, 0.717) is 19.6 Å². The lowest BCUT2D eigenvalue weighted by Crippen LogP contribution is -2.34. The second-order valence-electron chi connectivity index (χ2n) is 5.66. The third-order valence-corrected chi connectivity index (χ3v) is 4.66. The van der Waals surface area contributed by atoms with Crippen LogP contribution in [0.1, 0.15) is 17.0 Å². The molecule has 120 valence electrons. The molecule has 3 heterocycles. The average molecular weight is 330 g/mol. The van der Waals surface area contributed by atoms with E-state index >= 15 is 0 Å². The topological polar surface area (TPSA) is 66.4 Å². The maximum absolute atomic E-state index is 12.5. The number of aromatic nitrogens is 2. The van der Waals surface area contributed by atoms with Crippen LogP contribution in [0.25, 0.3) is 0 Å². The van der Waals surface area contributed by atoms with E-state index in [4.69, 9.17) is 0 Å². The average Bonchev–Trinajstić information content (AvgIpc) is 3.18. The van der Waals surface area contributed by atoms with E-state index in [1.54, 1.807) is 35.4 Å². The van der Waals surface area contributed by atoms with Crippen molar-refractivity contribution in [1.29, 1.82) is 0 Å². The van der Waals surface area contributed by atoms with E-state index < -0.39 is 0 Å². The predicted octanol–water partition coefficient (Wildman–Crippen LogP) is 1.55. The molecule has 0 aromatic carbocycles. The normalized spacial score (nSPS) is 17.5. The number of nitrogens with zero attached hydrogens (tertiary/aromatic N) is 4. The molecule has 1 aliphatic heterocycles. The third-order valence-electron chi connectivity index (χ3n) is 3.89. The Balaban J connectivity index is 1.59. The molecule has 0 aliphatic carbocycles. The first kappa shape index (κ1) is 15.6. The van der Waals surface area contributed by atoms with Gasteiger partial charge in [0.2, 0.25) is 11.8 Å².